The fraction of sp³-hybridized carbons (Fsp3) is 0.240. The zero-order valence-corrected chi connectivity index (χ0v) is 17.7. The number of hydrogen-bond donors (Lipinski definition) is 1. The highest BCUT2D eigenvalue weighted by Gasteiger charge is 2.23. The van der Waals surface area contributed by atoms with Crippen molar-refractivity contribution in [2.75, 3.05) is 0 Å². The van der Waals surface area contributed by atoms with Crippen LogP contribution in [-0.4, -0.2) is 27.3 Å². The van der Waals surface area contributed by atoms with E-state index in [0.717, 1.165) is 48.6 Å². The molecular formula is C25H22ClN3O2. The molecule has 0 aliphatic heterocycles. The van der Waals surface area contributed by atoms with E-state index in [9.17, 15) is 4.79 Å². The molecular weight excluding hydrogens is 410 g/mol. The number of carbonyl (C=O) groups is 1. The maximum absolute atomic E-state index is 10.9. The summed E-state index contributed by atoms with van der Waals surface area (Å²) >= 11 is 6.54. The molecule has 1 saturated carbocycles. The standard InChI is InChI=1S/C25H22ClN3O2/c26-21-14-22-24(29-25(27-22)31-20-12-6-16(15-30)7-13-20)28-23(21)19-10-8-18(9-11-19)17-4-2-1-3-5-17/h1-5,8-11,14-16,20H,6-7,12-13H2,(H,27,28,29). The Kier molecular flexibility index (Phi) is 5.43. The predicted octanol–water partition coefficient (Wildman–Crippen LogP) is 6.08. The molecule has 0 amide bonds. The van der Waals surface area contributed by atoms with Gasteiger partial charge in [0, 0.05) is 11.5 Å². The van der Waals surface area contributed by atoms with Crippen LogP contribution in [0.1, 0.15) is 25.7 Å². The number of benzene rings is 2. The molecule has 1 fully saturated rings. The lowest BCUT2D eigenvalue weighted by molar-refractivity contribution is -0.112. The van der Waals surface area contributed by atoms with Gasteiger partial charge in [-0.2, -0.15) is 4.98 Å². The Morgan fingerprint density at radius 1 is 0.903 bits per heavy atom. The fourth-order valence-corrected chi connectivity index (χ4v) is 4.37. The van der Waals surface area contributed by atoms with Crippen molar-refractivity contribution in [1.82, 2.24) is 15.0 Å². The summed E-state index contributed by atoms with van der Waals surface area (Å²) in [5, 5.41) is 0.557. The first kappa shape index (κ1) is 19.8. The molecule has 0 saturated heterocycles. The molecule has 2 aromatic heterocycles. The summed E-state index contributed by atoms with van der Waals surface area (Å²) in [6.45, 7) is 0. The van der Waals surface area contributed by atoms with Crippen molar-refractivity contribution in [2.24, 2.45) is 5.92 Å². The van der Waals surface area contributed by atoms with E-state index in [4.69, 9.17) is 16.3 Å². The van der Waals surface area contributed by atoms with Crippen LogP contribution in [0.2, 0.25) is 5.02 Å². The Balaban J connectivity index is 1.37. The topological polar surface area (TPSA) is 67.9 Å². The first-order chi connectivity index (χ1) is 15.2. The normalized spacial score (nSPS) is 18.7. The number of carbonyl (C=O) groups excluding carboxylic acids is 1. The zero-order chi connectivity index (χ0) is 21.2. The van der Waals surface area contributed by atoms with Crippen LogP contribution in [0.4, 0.5) is 0 Å². The average Bonchev–Trinajstić information content (AvgIpc) is 3.20. The van der Waals surface area contributed by atoms with Crippen molar-refractivity contribution < 1.29 is 9.53 Å². The summed E-state index contributed by atoms with van der Waals surface area (Å²) in [6, 6.07) is 20.7. The van der Waals surface area contributed by atoms with Crippen LogP contribution in [0.5, 0.6) is 6.01 Å². The number of hydrogen-bond acceptors (Lipinski definition) is 4. The van der Waals surface area contributed by atoms with Crippen molar-refractivity contribution >= 4 is 29.1 Å². The van der Waals surface area contributed by atoms with Crippen molar-refractivity contribution in [1.29, 1.82) is 0 Å². The summed E-state index contributed by atoms with van der Waals surface area (Å²) in [7, 11) is 0. The SMILES string of the molecule is O=CC1CCC(Oc2nc3nc(-c4ccc(-c5ccccc5)cc4)c(Cl)cc3[nH]2)CC1. The highest BCUT2D eigenvalue weighted by molar-refractivity contribution is 6.33. The Hall–Kier alpha value is -3.18. The number of ether oxygens (including phenoxy) is 1. The minimum Gasteiger partial charge on any atom is -0.461 e. The van der Waals surface area contributed by atoms with Gasteiger partial charge in [-0.1, -0.05) is 66.2 Å². The van der Waals surface area contributed by atoms with Gasteiger partial charge in [-0.3, -0.25) is 0 Å². The number of aromatic amines is 1. The molecule has 0 spiro atoms. The summed E-state index contributed by atoms with van der Waals surface area (Å²) in [5.41, 5.74) is 5.25. The maximum atomic E-state index is 10.9. The van der Waals surface area contributed by atoms with Gasteiger partial charge in [0.05, 0.1) is 16.2 Å². The Labute approximate surface area is 185 Å². The smallest absolute Gasteiger partial charge is 0.296 e. The van der Waals surface area contributed by atoms with Gasteiger partial charge in [0.25, 0.3) is 6.01 Å². The van der Waals surface area contributed by atoms with Gasteiger partial charge < -0.3 is 14.5 Å². The fourth-order valence-electron chi connectivity index (χ4n) is 4.11. The van der Waals surface area contributed by atoms with Gasteiger partial charge in [-0.05, 0) is 42.9 Å². The van der Waals surface area contributed by atoms with Crippen molar-refractivity contribution in [3.63, 3.8) is 0 Å². The number of aldehydes is 1. The largest absolute Gasteiger partial charge is 0.461 e. The molecule has 0 radical (unpaired) electrons. The molecule has 4 aromatic rings. The second-order valence-corrected chi connectivity index (χ2v) is 8.37. The average molecular weight is 432 g/mol. The first-order valence-corrected chi connectivity index (χ1v) is 10.9. The lowest BCUT2D eigenvalue weighted by atomic mass is 9.88. The Bertz CT molecular complexity index is 1200. The third-order valence-electron chi connectivity index (χ3n) is 5.86. The number of nitrogens with zero attached hydrogens (tertiary/aromatic N) is 2. The van der Waals surface area contributed by atoms with Crippen LogP contribution in [0.15, 0.2) is 60.7 Å². The second-order valence-electron chi connectivity index (χ2n) is 7.97. The van der Waals surface area contributed by atoms with Crippen LogP contribution >= 0.6 is 11.6 Å². The van der Waals surface area contributed by atoms with E-state index in [1.807, 2.05) is 36.4 Å². The quantitative estimate of drug-likeness (QED) is 0.389. The number of imidazole rings is 1. The first-order valence-electron chi connectivity index (χ1n) is 10.5. The minimum absolute atomic E-state index is 0.0669. The van der Waals surface area contributed by atoms with Gasteiger partial charge in [0.1, 0.15) is 12.4 Å². The van der Waals surface area contributed by atoms with Crippen molar-refractivity contribution in [3.05, 3.63) is 65.7 Å². The van der Waals surface area contributed by atoms with Gasteiger partial charge in [0.2, 0.25) is 0 Å². The second kappa shape index (κ2) is 8.52. The summed E-state index contributed by atoms with van der Waals surface area (Å²) in [6.07, 6.45) is 4.55. The molecule has 5 nitrogen and oxygen atoms in total. The van der Waals surface area contributed by atoms with E-state index in [1.54, 1.807) is 0 Å². The molecule has 0 unspecified atom stereocenters. The maximum Gasteiger partial charge on any atom is 0.296 e. The lowest BCUT2D eigenvalue weighted by Gasteiger charge is -2.24. The van der Waals surface area contributed by atoms with E-state index in [-0.39, 0.29) is 12.0 Å². The van der Waals surface area contributed by atoms with E-state index in [0.29, 0.717) is 22.4 Å². The van der Waals surface area contributed by atoms with E-state index < -0.39 is 0 Å². The molecule has 0 atom stereocenters. The highest BCUT2D eigenvalue weighted by Crippen LogP contribution is 2.32. The number of fused-ring (bicyclic) bond motifs is 1. The van der Waals surface area contributed by atoms with Crippen LogP contribution in [0.25, 0.3) is 33.5 Å². The minimum atomic E-state index is 0.0669. The van der Waals surface area contributed by atoms with E-state index in [2.05, 4.69) is 39.2 Å². The van der Waals surface area contributed by atoms with Gasteiger partial charge in [-0.25, -0.2) is 4.98 Å². The number of halogens is 1. The molecule has 5 rings (SSSR count). The Morgan fingerprint density at radius 3 is 2.29 bits per heavy atom. The van der Waals surface area contributed by atoms with Crippen LogP contribution in [0.3, 0.4) is 0 Å². The molecule has 1 aliphatic rings. The number of H-pyrrole nitrogens is 1. The molecule has 1 N–H and O–H groups in total. The van der Waals surface area contributed by atoms with Gasteiger partial charge >= 0.3 is 0 Å². The highest BCUT2D eigenvalue weighted by atomic mass is 35.5. The van der Waals surface area contributed by atoms with Crippen LogP contribution < -0.4 is 4.74 Å². The summed E-state index contributed by atoms with van der Waals surface area (Å²) in [5.74, 6) is 0.159. The summed E-state index contributed by atoms with van der Waals surface area (Å²) < 4.78 is 6.02. The van der Waals surface area contributed by atoms with Crippen LogP contribution in [-0.2, 0) is 4.79 Å². The number of aromatic nitrogens is 3. The van der Waals surface area contributed by atoms with Gasteiger partial charge in [0.15, 0.2) is 5.65 Å². The van der Waals surface area contributed by atoms with Crippen LogP contribution in [0, 0.1) is 5.92 Å². The van der Waals surface area contributed by atoms with E-state index >= 15 is 0 Å². The predicted molar refractivity (Wildman–Crippen MR) is 122 cm³/mol. The number of pyridine rings is 1. The monoisotopic (exact) mass is 431 g/mol. The molecule has 2 heterocycles. The number of rotatable bonds is 5. The number of nitrogens with one attached hydrogen (secondary N) is 1. The molecule has 1 aliphatic carbocycles. The summed E-state index contributed by atoms with van der Waals surface area (Å²) in [4.78, 5) is 23.3. The molecule has 0 bridgehead atoms. The molecule has 6 heteroatoms. The Morgan fingerprint density at radius 2 is 1.58 bits per heavy atom. The van der Waals surface area contributed by atoms with E-state index in [1.165, 1.54) is 5.56 Å². The molecule has 31 heavy (non-hydrogen) atoms. The third kappa shape index (κ3) is 4.19. The third-order valence-corrected chi connectivity index (χ3v) is 6.15. The van der Waals surface area contributed by atoms with Crippen molar-refractivity contribution in [3.8, 4) is 28.4 Å². The zero-order valence-electron chi connectivity index (χ0n) is 16.9. The molecule has 156 valence electrons. The molecule has 2 aromatic carbocycles. The lowest BCUT2D eigenvalue weighted by Crippen LogP contribution is -2.25. The van der Waals surface area contributed by atoms with Crippen molar-refractivity contribution in [2.45, 2.75) is 31.8 Å². The van der Waals surface area contributed by atoms with Gasteiger partial charge in [-0.15, -0.1) is 0 Å².